The molecule has 5 aliphatic rings. The van der Waals surface area contributed by atoms with Gasteiger partial charge in [0, 0.05) is 6.61 Å². The third-order valence-corrected chi connectivity index (χ3v) is 11.2. The molecule has 15 unspecified atom stereocenters. The SMILES string of the molecule is C=CCO[C@@H]1OC(CO)[C@H](O)C(O[C@@H]2OC(CO)[C@H](O[C@@H]3OC(CO)[C@H](O)C(O)C3O[C@@H]3OC(C)[C@H](O)C(O)C3O)C(OCC[C@H]3OC(C)[C@@H](O)C(O)C3O)C2N)C1O. The molecule has 0 radical (unpaired) electrons. The lowest BCUT2D eigenvalue weighted by atomic mass is 9.93. The molecule has 5 fully saturated rings. The summed E-state index contributed by atoms with van der Waals surface area (Å²) in [5, 5.41) is 137. The Bertz CT molecular complexity index is 1290. The Balaban J connectivity index is 1.43. The van der Waals surface area contributed by atoms with Crippen molar-refractivity contribution in [2.75, 3.05) is 33.0 Å². The van der Waals surface area contributed by atoms with Gasteiger partial charge in [0.2, 0.25) is 0 Å². The van der Waals surface area contributed by atoms with E-state index < -0.39 is 173 Å². The van der Waals surface area contributed by atoms with Gasteiger partial charge in [-0.3, -0.25) is 0 Å². The second-order valence-electron chi connectivity index (χ2n) is 15.3. The van der Waals surface area contributed by atoms with Gasteiger partial charge in [-0.05, 0) is 20.3 Å². The number of aliphatic hydroxyl groups is 13. The maximum absolute atomic E-state index is 11.2. The molecular formula is C35H61NO23. The van der Waals surface area contributed by atoms with Crippen LogP contribution >= 0.6 is 0 Å². The minimum atomic E-state index is -1.93. The maximum atomic E-state index is 11.2. The predicted molar refractivity (Wildman–Crippen MR) is 189 cm³/mol. The molecule has 0 spiro atoms. The molecule has 59 heavy (non-hydrogen) atoms. The lowest BCUT2D eigenvalue weighted by Crippen LogP contribution is -2.69. The molecule has 0 aromatic rings. The van der Waals surface area contributed by atoms with E-state index in [1.807, 2.05) is 0 Å². The van der Waals surface area contributed by atoms with E-state index in [-0.39, 0.29) is 19.6 Å². The van der Waals surface area contributed by atoms with Gasteiger partial charge in [0.05, 0.1) is 50.8 Å². The fraction of sp³-hybridized carbons (Fsp3) is 0.943. The molecule has 0 amide bonds. The third-order valence-electron chi connectivity index (χ3n) is 11.2. The van der Waals surface area contributed by atoms with Gasteiger partial charge < -0.3 is 119 Å². The van der Waals surface area contributed by atoms with Crippen LogP contribution in [0.25, 0.3) is 0 Å². The highest BCUT2D eigenvalue weighted by Crippen LogP contribution is 2.36. The Morgan fingerprint density at radius 3 is 1.63 bits per heavy atom. The summed E-state index contributed by atoms with van der Waals surface area (Å²) in [7, 11) is 0. The molecule has 15 N–H and O–H groups in total. The topological polar surface area (TPSA) is 381 Å². The van der Waals surface area contributed by atoms with Gasteiger partial charge in [-0.1, -0.05) is 6.08 Å². The van der Waals surface area contributed by atoms with Gasteiger partial charge in [0.15, 0.2) is 25.2 Å². The third kappa shape index (κ3) is 10.6. The number of rotatable bonds is 16. The molecular weight excluding hydrogens is 802 g/mol. The molecule has 5 saturated heterocycles. The first-order chi connectivity index (χ1) is 28.0. The van der Waals surface area contributed by atoms with Crippen LogP contribution in [-0.2, 0) is 47.4 Å². The number of ether oxygens (including phenoxy) is 10. The van der Waals surface area contributed by atoms with Crippen molar-refractivity contribution in [1.82, 2.24) is 0 Å². The Kier molecular flexibility index (Phi) is 17.7. The lowest BCUT2D eigenvalue weighted by Gasteiger charge is -2.50. The van der Waals surface area contributed by atoms with E-state index in [4.69, 9.17) is 53.1 Å². The van der Waals surface area contributed by atoms with E-state index in [0.717, 1.165) is 0 Å². The Hall–Kier alpha value is -1.22. The standard InChI is InChI=1S/C35H61NO23/c1-4-6-51-33-27(49)30(22(44)15(9-38)54-33)58-32-17(36)29(50-7-5-13-20(42)23(45)18(40)11(2)52-13)28(16(10-39)56-32)57-35-31(25(47)21(43)14(8-37)55-35)59-34-26(48)24(46)19(41)12(3)53-34/h4,11-35,37-49H,1,5-10,36H2,2-3H3/t11?,12?,13-,14?,15?,16?,17?,18-,19+,20?,21+,22+,23?,24?,25?,26?,27?,28+,29?,30?,31?,32+,33-,34+,35+/m1/s1. The molecule has 25 atom stereocenters. The molecule has 344 valence electrons. The molecule has 0 saturated carbocycles. The molecule has 24 heteroatoms. The van der Waals surface area contributed by atoms with Gasteiger partial charge >= 0.3 is 0 Å². The van der Waals surface area contributed by atoms with Crippen LogP contribution in [0.4, 0.5) is 0 Å². The van der Waals surface area contributed by atoms with Crippen molar-refractivity contribution in [2.45, 2.75) is 174 Å². The lowest BCUT2D eigenvalue weighted by molar-refractivity contribution is -0.388. The molecule has 0 aromatic carbocycles. The van der Waals surface area contributed by atoms with Gasteiger partial charge in [0.1, 0.15) is 104 Å². The van der Waals surface area contributed by atoms with Crippen molar-refractivity contribution in [1.29, 1.82) is 0 Å². The second kappa shape index (κ2) is 21.4. The van der Waals surface area contributed by atoms with Crippen molar-refractivity contribution < 1.29 is 114 Å². The zero-order chi connectivity index (χ0) is 43.5. The Morgan fingerprint density at radius 2 is 1.00 bits per heavy atom. The molecule has 5 heterocycles. The summed E-state index contributed by atoms with van der Waals surface area (Å²) in [6, 6.07) is -1.47. The Labute approximate surface area is 338 Å². The molecule has 5 rings (SSSR count). The summed E-state index contributed by atoms with van der Waals surface area (Å²) < 4.78 is 58.3. The first kappa shape index (κ1) is 48.8. The van der Waals surface area contributed by atoms with E-state index in [0.29, 0.717) is 0 Å². The van der Waals surface area contributed by atoms with Crippen molar-refractivity contribution in [3.8, 4) is 0 Å². The monoisotopic (exact) mass is 863 g/mol. The van der Waals surface area contributed by atoms with Crippen LogP contribution < -0.4 is 5.73 Å². The van der Waals surface area contributed by atoms with Gasteiger partial charge in [0.25, 0.3) is 0 Å². The summed E-state index contributed by atoms with van der Waals surface area (Å²) in [5.74, 6) is 0. The Morgan fingerprint density at radius 1 is 0.475 bits per heavy atom. The first-order valence-electron chi connectivity index (χ1n) is 19.5. The minimum absolute atomic E-state index is 0.0952. The fourth-order valence-electron chi connectivity index (χ4n) is 7.68. The minimum Gasteiger partial charge on any atom is -0.394 e. The van der Waals surface area contributed by atoms with Crippen molar-refractivity contribution in [3.63, 3.8) is 0 Å². The molecule has 24 nitrogen and oxygen atoms in total. The number of hydrogen-bond acceptors (Lipinski definition) is 24. The van der Waals surface area contributed by atoms with Crippen molar-refractivity contribution in [3.05, 3.63) is 12.7 Å². The molecule has 0 aliphatic carbocycles. The summed E-state index contributed by atoms with van der Waals surface area (Å²) >= 11 is 0. The van der Waals surface area contributed by atoms with E-state index in [1.54, 1.807) is 0 Å². The largest absolute Gasteiger partial charge is 0.394 e. The van der Waals surface area contributed by atoms with E-state index in [1.165, 1.54) is 19.9 Å². The van der Waals surface area contributed by atoms with Crippen molar-refractivity contribution >= 4 is 0 Å². The average molecular weight is 864 g/mol. The van der Waals surface area contributed by atoms with E-state index in [9.17, 15) is 66.4 Å². The zero-order valence-electron chi connectivity index (χ0n) is 32.4. The molecule has 0 aromatic heterocycles. The van der Waals surface area contributed by atoms with Crippen LogP contribution in [0.1, 0.15) is 20.3 Å². The fourth-order valence-corrected chi connectivity index (χ4v) is 7.68. The highest BCUT2D eigenvalue weighted by Gasteiger charge is 2.56. The second-order valence-corrected chi connectivity index (χ2v) is 15.3. The predicted octanol–water partition coefficient (Wildman–Crippen LogP) is -8.26. The molecule has 5 aliphatic heterocycles. The zero-order valence-corrected chi connectivity index (χ0v) is 32.4. The molecule has 0 bridgehead atoms. The quantitative estimate of drug-likeness (QED) is 0.0641. The van der Waals surface area contributed by atoms with Crippen LogP contribution in [0.3, 0.4) is 0 Å². The summed E-state index contributed by atoms with van der Waals surface area (Å²) in [4.78, 5) is 0. The van der Waals surface area contributed by atoms with Crippen LogP contribution in [0, 0.1) is 0 Å². The number of hydrogen-bond donors (Lipinski definition) is 14. The highest BCUT2D eigenvalue weighted by atomic mass is 16.8. The maximum Gasteiger partial charge on any atom is 0.187 e. The van der Waals surface area contributed by atoms with Gasteiger partial charge in [-0.2, -0.15) is 0 Å². The van der Waals surface area contributed by atoms with Gasteiger partial charge in [-0.15, -0.1) is 6.58 Å². The van der Waals surface area contributed by atoms with Gasteiger partial charge in [-0.25, -0.2) is 0 Å². The summed E-state index contributed by atoms with van der Waals surface area (Å²) in [6.07, 6.45) is -35.8. The first-order valence-corrected chi connectivity index (χ1v) is 19.5. The van der Waals surface area contributed by atoms with E-state index >= 15 is 0 Å². The van der Waals surface area contributed by atoms with Crippen LogP contribution in [0.2, 0.25) is 0 Å². The van der Waals surface area contributed by atoms with E-state index in [2.05, 4.69) is 6.58 Å². The smallest absolute Gasteiger partial charge is 0.187 e. The van der Waals surface area contributed by atoms with Crippen LogP contribution in [-0.4, -0.2) is 253 Å². The summed E-state index contributed by atoms with van der Waals surface area (Å²) in [5.41, 5.74) is 6.70. The highest BCUT2D eigenvalue weighted by molar-refractivity contribution is 5.00. The summed E-state index contributed by atoms with van der Waals surface area (Å²) in [6.45, 7) is 3.55. The van der Waals surface area contributed by atoms with Crippen LogP contribution in [0.5, 0.6) is 0 Å². The van der Waals surface area contributed by atoms with Crippen LogP contribution in [0.15, 0.2) is 12.7 Å². The number of nitrogens with two attached hydrogens (primary N) is 1. The average Bonchev–Trinajstić information content (AvgIpc) is 3.22. The number of aliphatic hydroxyl groups excluding tert-OH is 13. The van der Waals surface area contributed by atoms with Crippen molar-refractivity contribution in [2.24, 2.45) is 5.73 Å². The normalized spacial score (nSPS) is 51.0.